The minimum absolute atomic E-state index is 0.0120. The van der Waals surface area contributed by atoms with Gasteiger partial charge in [0.25, 0.3) is 5.91 Å². The van der Waals surface area contributed by atoms with Gasteiger partial charge < -0.3 is 19.3 Å². The van der Waals surface area contributed by atoms with E-state index in [0.29, 0.717) is 36.8 Å². The minimum Gasteiger partial charge on any atom is -0.497 e. The maximum absolute atomic E-state index is 12.6. The van der Waals surface area contributed by atoms with E-state index >= 15 is 0 Å². The third kappa shape index (κ3) is 3.98. The van der Waals surface area contributed by atoms with Crippen LogP contribution in [0.25, 0.3) is 5.65 Å². The second-order valence-electron chi connectivity index (χ2n) is 6.51. The van der Waals surface area contributed by atoms with E-state index in [1.165, 1.54) is 0 Å². The number of hydrogen-bond donors (Lipinski definition) is 0. The van der Waals surface area contributed by atoms with Crippen LogP contribution in [0.1, 0.15) is 6.42 Å². The number of anilines is 1. The van der Waals surface area contributed by atoms with Crippen molar-refractivity contribution in [3.8, 4) is 11.5 Å². The van der Waals surface area contributed by atoms with Gasteiger partial charge in [-0.1, -0.05) is 6.07 Å². The van der Waals surface area contributed by atoms with E-state index in [-0.39, 0.29) is 12.5 Å². The van der Waals surface area contributed by atoms with Crippen molar-refractivity contribution in [1.82, 2.24) is 24.7 Å². The molecule has 0 radical (unpaired) electrons. The molecule has 0 atom stereocenters. The number of carbonyl (C=O) groups excluding carboxylic acids is 1. The van der Waals surface area contributed by atoms with Gasteiger partial charge in [-0.25, -0.2) is 0 Å². The van der Waals surface area contributed by atoms with Gasteiger partial charge in [0.15, 0.2) is 12.3 Å². The third-order valence-electron chi connectivity index (χ3n) is 4.72. The first-order valence-electron chi connectivity index (χ1n) is 9.19. The van der Waals surface area contributed by atoms with Gasteiger partial charge >= 0.3 is 0 Å². The number of amides is 1. The molecule has 1 fully saturated rings. The first-order valence-corrected chi connectivity index (χ1v) is 9.19. The third-order valence-corrected chi connectivity index (χ3v) is 4.72. The topological polar surface area (TPSA) is 85.1 Å². The molecule has 0 unspecified atom stereocenters. The molecule has 0 N–H and O–H groups in total. The summed E-state index contributed by atoms with van der Waals surface area (Å²) >= 11 is 0. The molecule has 146 valence electrons. The minimum atomic E-state index is -0.0214. The molecule has 1 aromatic carbocycles. The van der Waals surface area contributed by atoms with Crippen LogP contribution in [-0.2, 0) is 4.79 Å². The summed E-state index contributed by atoms with van der Waals surface area (Å²) in [7, 11) is 1.60. The Hall–Kier alpha value is -3.36. The summed E-state index contributed by atoms with van der Waals surface area (Å²) in [5.74, 6) is 2.16. The molecule has 3 aromatic rings. The van der Waals surface area contributed by atoms with E-state index in [4.69, 9.17) is 9.47 Å². The number of nitrogens with zero attached hydrogens (tertiary/aromatic N) is 6. The number of fused-ring (bicyclic) bond motifs is 1. The fourth-order valence-electron chi connectivity index (χ4n) is 3.21. The lowest BCUT2D eigenvalue weighted by Gasteiger charge is -2.22. The van der Waals surface area contributed by atoms with Crippen molar-refractivity contribution in [2.75, 3.05) is 44.8 Å². The molecule has 9 nitrogen and oxygen atoms in total. The van der Waals surface area contributed by atoms with Crippen molar-refractivity contribution in [3.05, 3.63) is 42.7 Å². The molecule has 0 spiro atoms. The molecule has 3 heterocycles. The Kier molecular flexibility index (Phi) is 5.22. The zero-order valence-electron chi connectivity index (χ0n) is 15.7. The summed E-state index contributed by atoms with van der Waals surface area (Å²) in [6, 6.07) is 11.1. The Bertz CT molecular complexity index is 960. The van der Waals surface area contributed by atoms with Gasteiger partial charge in [0.2, 0.25) is 0 Å². The van der Waals surface area contributed by atoms with Crippen LogP contribution in [0.4, 0.5) is 5.82 Å². The van der Waals surface area contributed by atoms with E-state index in [1.807, 2.05) is 35.2 Å². The predicted molar refractivity (Wildman–Crippen MR) is 103 cm³/mol. The summed E-state index contributed by atoms with van der Waals surface area (Å²) in [5.41, 5.74) is 0.713. The zero-order chi connectivity index (χ0) is 19.3. The largest absolute Gasteiger partial charge is 0.497 e. The van der Waals surface area contributed by atoms with Crippen LogP contribution < -0.4 is 14.4 Å². The smallest absolute Gasteiger partial charge is 0.260 e. The van der Waals surface area contributed by atoms with Crippen LogP contribution in [0.3, 0.4) is 0 Å². The number of methoxy groups -OCH3 is 1. The lowest BCUT2D eigenvalue weighted by atomic mass is 10.3. The summed E-state index contributed by atoms with van der Waals surface area (Å²) in [5, 5.41) is 12.4. The zero-order valence-corrected chi connectivity index (χ0v) is 15.7. The molecular formula is C19H22N6O3. The van der Waals surface area contributed by atoms with Crippen LogP contribution in [0, 0.1) is 0 Å². The summed E-state index contributed by atoms with van der Waals surface area (Å²) in [6.45, 7) is 2.89. The summed E-state index contributed by atoms with van der Waals surface area (Å²) in [6.07, 6.45) is 2.45. The standard InChI is InChI=1S/C19H22N6O3/c1-27-15-4-2-5-16(12-15)28-13-19(26)24-9-3-8-23(10-11-24)18-7-6-17-21-20-14-25(17)22-18/h2,4-7,12,14H,3,8-11,13H2,1H3. The van der Waals surface area contributed by atoms with Crippen molar-refractivity contribution in [1.29, 1.82) is 0 Å². The molecule has 0 aliphatic carbocycles. The average Bonchev–Trinajstić information content (AvgIpc) is 3.06. The molecule has 1 saturated heterocycles. The second-order valence-corrected chi connectivity index (χ2v) is 6.51. The number of benzene rings is 1. The summed E-state index contributed by atoms with van der Waals surface area (Å²) in [4.78, 5) is 16.6. The van der Waals surface area contributed by atoms with Crippen molar-refractivity contribution in [3.63, 3.8) is 0 Å². The molecule has 4 rings (SSSR count). The number of ether oxygens (including phenoxy) is 2. The van der Waals surface area contributed by atoms with E-state index in [0.717, 1.165) is 18.8 Å². The van der Waals surface area contributed by atoms with Gasteiger partial charge in [0.05, 0.1) is 7.11 Å². The van der Waals surface area contributed by atoms with Crippen LogP contribution in [-0.4, -0.2) is 70.5 Å². The van der Waals surface area contributed by atoms with Gasteiger partial charge in [0.1, 0.15) is 23.6 Å². The maximum Gasteiger partial charge on any atom is 0.260 e. The van der Waals surface area contributed by atoms with Gasteiger partial charge in [-0.15, -0.1) is 15.3 Å². The SMILES string of the molecule is COc1cccc(OCC(=O)N2CCCN(c3ccc4nncn4n3)CC2)c1. The summed E-state index contributed by atoms with van der Waals surface area (Å²) < 4.78 is 12.5. The van der Waals surface area contributed by atoms with Crippen molar-refractivity contribution >= 4 is 17.4 Å². The van der Waals surface area contributed by atoms with E-state index in [1.54, 1.807) is 24.0 Å². The Labute approximate surface area is 162 Å². The van der Waals surface area contributed by atoms with Crippen LogP contribution in [0.2, 0.25) is 0 Å². The first kappa shape index (κ1) is 18.0. The van der Waals surface area contributed by atoms with E-state index < -0.39 is 0 Å². The molecule has 1 amide bonds. The molecule has 1 aliphatic heterocycles. The van der Waals surface area contributed by atoms with Crippen molar-refractivity contribution < 1.29 is 14.3 Å². The normalized spacial score (nSPS) is 14.8. The van der Waals surface area contributed by atoms with E-state index in [9.17, 15) is 4.79 Å². The monoisotopic (exact) mass is 382 g/mol. The highest BCUT2D eigenvalue weighted by atomic mass is 16.5. The van der Waals surface area contributed by atoms with E-state index in [2.05, 4.69) is 20.2 Å². The highest BCUT2D eigenvalue weighted by molar-refractivity contribution is 5.78. The Morgan fingerprint density at radius 1 is 1.11 bits per heavy atom. The average molecular weight is 382 g/mol. The number of aromatic nitrogens is 4. The Morgan fingerprint density at radius 3 is 2.89 bits per heavy atom. The van der Waals surface area contributed by atoms with Gasteiger partial charge in [-0.05, 0) is 30.7 Å². The van der Waals surface area contributed by atoms with Crippen molar-refractivity contribution in [2.45, 2.75) is 6.42 Å². The number of hydrogen-bond acceptors (Lipinski definition) is 7. The van der Waals surface area contributed by atoms with Crippen LogP contribution >= 0.6 is 0 Å². The molecule has 1 aliphatic rings. The Balaban J connectivity index is 1.34. The highest BCUT2D eigenvalue weighted by Crippen LogP contribution is 2.19. The first-order chi connectivity index (χ1) is 13.7. The molecule has 28 heavy (non-hydrogen) atoms. The fourth-order valence-corrected chi connectivity index (χ4v) is 3.21. The lowest BCUT2D eigenvalue weighted by Crippen LogP contribution is -2.38. The molecule has 2 aromatic heterocycles. The van der Waals surface area contributed by atoms with Gasteiger partial charge in [-0.2, -0.15) is 4.52 Å². The highest BCUT2D eigenvalue weighted by Gasteiger charge is 2.20. The van der Waals surface area contributed by atoms with Gasteiger partial charge in [-0.3, -0.25) is 4.79 Å². The lowest BCUT2D eigenvalue weighted by molar-refractivity contribution is -0.133. The predicted octanol–water partition coefficient (Wildman–Crippen LogP) is 1.25. The number of rotatable bonds is 5. The van der Waals surface area contributed by atoms with Crippen LogP contribution in [0.5, 0.6) is 11.5 Å². The number of carbonyl (C=O) groups is 1. The van der Waals surface area contributed by atoms with Crippen molar-refractivity contribution in [2.24, 2.45) is 0 Å². The fraction of sp³-hybridized carbons (Fsp3) is 0.368. The maximum atomic E-state index is 12.6. The molecule has 0 saturated carbocycles. The molecule has 9 heteroatoms. The molecule has 0 bridgehead atoms. The Morgan fingerprint density at radius 2 is 2.00 bits per heavy atom. The van der Waals surface area contributed by atoms with Crippen LogP contribution in [0.15, 0.2) is 42.7 Å². The van der Waals surface area contributed by atoms with Gasteiger partial charge in [0, 0.05) is 32.2 Å². The quantitative estimate of drug-likeness (QED) is 0.656. The molecular weight excluding hydrogens is 360 g/mol. The second kappa shape index (κ2) is 8.12.